The number of hydrogen-bond donors (Lipinski definition) is 2. The lowest BCUT2D eigenvalue weighted by Gasteiger charge is -2.29. The van der Waals surface area contributed by atoms with Crippen molar-refractivity contribution < 1.29 is 4.79 Å². The first-order valence-corrected chi connectivity index (χ1v) is 8.89. The third-order valence-corrected chi connectivity index (χ3v) is 4.36. The van der Waals surface area contributed by atoms with Crippen molar-refractivity contribution in [3.05, 3.63) is 35.4 Å². The maximum Gasteiger partial charge on any atom is 0.242 e. The van der Waals surface area contributed by atoms with Gasteiger partial charge in [0.05, 0.1) is 6.54 Å². The minimum absolute atomic E-state index is 0. The van der Waals surface area contributed by atoms with Gasteiger partial charge in [0.2, 0.25) is 5.91 Å². The first-order valence-electron chi connectivity index (χ1n) is 8.89. The molecule has 0 fully saturated rings. The van der Waals surface area contributed by atoms with Gasteiger partial charge in [-0.05, 0) is 36.3 Å². The fourth-order valence-corrected chi connectivity index (χ4v) is 2.92. The lowest BCUT2D eigenvalue weighted by Crippen LogP contribution is -2.46. The van der Waals surface area contributed by atoms with Crippen molar-refractivity contribution in [2.45, 2.75) is 39.7 Å². The Morgan fingerprint density at radius 3 is 2.64 bits per heavy atom. The van der Waals surface area contributed by atoms with Crippen molar-refractivity contribution in [1.29, 1.82) is 0 Å². The van der Waals surface area contributed by atoms with E-state index in [0.717, 1.165) is 25.9 Å². The van der Waals surface area contributed by atoms with Gasteiger partial charge in [-0.3, -0.25) is 9.79 Å². The molecule has 25 heavy (non-hydrogen) atoms. The molecule has 2 N–H and O–H groups in total. The summed E-state index contributed by atoms with van der Waals surface area (Å²) in [6.07, 6.45) is 3.23. The topological polar surface area (TPSA) is 56.7 Å². The standard InChI is InChI=1S/C19H30N4O.HI/c1-15(2)7-6-11-21-19(20-3)22-13-18(24)23-12-10-16-8-4-5-9-17(16)14-23;/h4-5,8-9,15H,6-7,10-14H2,1-3H3,(H2,20,21,22);1H. The van der Waals surface area contributed by atoms with Gasteiger partial charge in [-0.1, -0.05) is 38.1 Å². The number of fused-ring (bicyclic) bond motifs is 1. The van der Waals surface area contributed by atoms with E-state index >= 15 is 0 Å². The minimum Gasteiger partial charge on any atom is -0.356 e. The van der Waals surface area contributed by atoms with Gasteiger partial charge in [-0.15, -0.1) is 24.0 Å². The number of amides is 1. The number of guanidine groups is 1. The number of halogens is 1. The van der Waals surface area contributed by atoms with E-state index < -0.39 is 0 Å². The highest BCUT2D eigenvalue weighted by Crippen LogP contribution is 2.18. The molecule has 0 saturated heterocycles. The van der Waals surface area contributed by atoms with E-state index in [-0.39, 0.29) is 36.4 Å². The maximum absolute atomic E-state index is 12.4. The number of aliphatic imine (C=N–C) groups is 1. The Labute approximate surface area is 168 Å². The second kappa shape index (κ2) is 11.3. The Bertz CT molecular complexity index is 574. The van der Waals surface area contributed by atoms with Crippen LogP contribution in [0.1, 0.15) is 37.8 Å². The summed E-state index contributed by atoms with van der Waals surface area (Å²) in [5.41, 5.74) is 2.62. The zero-order valence-electron chi connectivity index (χ0n) is 15.5. The van der Waals surface area contributed by atoms with Gasteiger partial charge in [0, 0.05) is 26.7 Å². The average molecular weight is 458 g/mol. The molecule has 1 aliphatic heterocycles. The number of hydrogen-bond acceptors (Lipinski definition) is 2. The van der Waals surface area contributed by atoms with Crippen LogP contribution in [0.5, 0.6) is 0 Å². The SMILES string of the molecule is CN=C(NCCCC(C)C)NCC(=O)N1CCc2ccccc2C1.I. The molecule has 1 aromatic rings. The number of carbonyl (C=O) groups is 1. The molecule has 0 bridgehead atoms. The molecule has 140 valence electrons. The predicted octanol–water partition coefficient (Wildman–Crippen LogP) is 2.79. The molecule has 1 amide bonds. The Morgan fingerprint density at radius 1 is 1.24 bits per heavy atom. The van der Waals surface area contributed by atoms with E-state index in [1.807, 2.05) is 11.0 Å². The van der Waals surface area contributed by atoms with E-state index in [1.54, 1.807) is 7.05 Å². The Hall–Kier alpha value is -1.31. The van der Waals surface area contributed by atoms with Gasteiger partial charge < -0.3 is 15.5 Å². The minimum atomic E-state index is 0. The highest BCUT2D eigenvalue weighted by Gasteiger charge is 2.20. The van der Waals surface area contributed by atoms with Crippen molar-refractivity contribution in [3.8, 4) is 0 Å². The number of benzene rings is 1. The van der Waals surface area contributed by atoms with Gasteiger partial charge in [-0.25, -0.2) is 0 Å². The van der Waals surface area contributed by atoms with Gasteiger partial charge in [0.1, 0.15) is 0 Å². The third-order valence-electron chi connectivity index (χ3n) is 4.36. The van der Waals surface area contributed by atoms with Crippen LogP contribution < -0.4 is 10.6 Å². The van der Waals surface area contributed by atoms with Crippen LogP contribution in [0.3, 0.4) is 0 Å². The summed E-state index contributed by atoms with van der Waals surface area (Å²) in [5.74, 6) is 1.53. The molecule has 2 rings (SSSR count). The summed E-state index contributed by atoms with van der Waals surface area (Å²) >= 11 is 0. The molecule has 0 saturated carbocycles. The fraction of sp³-hybridized carbons (Fsp3) is 0.579. The Kier molecular flexibility index (Phi) is 9.85. The van der Waals surface area contributed by atoms with Gasteiger partial charge >= 0.3 is 0 Å². The summed E-state index contributed by atoms with van der Waals surface area (Å²) in [6.45, 7) is 7.11. The highest BCUT2D eigenvalue weighted by atomic mass is 127. The van der Waals surface area contributed by atoms with E-state index in [0.29, 0.717) is 18.4 Å². The van der Waals surface area contributed by atoms with Gasteiger partial charge in [-0.2, -0.15) is 0 Å². The van der Waals surface area contributed by atoms with E-state index in [9.17, 15) is 4.79 Å². The number of nitrogens with one attached hydrogen (secondary N) is 2. The van der Waals surface area contributed by atoms with Crippen molar-refractivity contribution >= 4 is 35.8 Å². The molecular formula is C19H31IN4O. The molecule has 1 aromatic carbocycles. The highest BCUT2D eigenvalue weighted by molar-refractivity contribution is 14.0. The van der Waals surface area contributed by atoms with Crippen LogP contribution in [0.15, 0.2) is 29.3 Å². The monoisotopic (exact) mass is 458 g/mol. The normalized spacial score (nSPS) is 13.9. The zero-order chi connectivity index (χ0) is 17.4. The second-order valence-corrected chi connectivity index (χ2v) is 6.72. The van der Waals surface area contributed by atoms with Crippen LogP contribution in [0.4, 0.5) is 0 Å². The molecule has 1 aliphatic rings. The Morgan fingerprint density at radius 2 is 1.96 bits per heavy atom. The van der Waals surface area contributed by atoms with Crippen molar-refractivity contribution in [2.24, 2.45) is 10.9 Å². The van der Waals surface area contributed by atoms with Crippen molar-refractivity contribution in [2.75, 3.05) is 26.7 Å². The van der Waals surface area contributed by atoms with E-state index in [2.05, 4.69) is 47.7 Å². The summed E-state index contributed by atoms with van der Waals surface area (Å²) < 4.78 is 0. The van der Waals surface area contributed by atoms with Crippen molar-refractivity contribution in [3.63, 3.8) is 0 Å². The van der Waals surface area contributed by atoms with Gasteiger partial charge in [0.25, 0.3) is 0 Å². The molecule has 5 nitrogen and oxygen atoms in total. The number of carbonyl (C=O) groups excluding carboxylic acids is 1. The molecule has 0 unspecified atom stereocenters. The molecule has 0 radical (unpaired) electrons. The average Bonchev–Trinajstić information content (AvgIpc) is 2.60. The van der Waals surface area contributed by atoms with Crippen LogP contribution in [0, 0.1) is 5.92 Å². The van der Waals surface area contributed by atoms with Crippen LogP contribution in [-0.2, 0) is 17.8 Å². The largest absolute Gasteiger partial charge is 0.356 e. The van der Waals surface area contributed by atoms with Crippen molar-refractivity contribution in [1.82, 2.24) is 15.5 Å². The Balaban J connectivity index is 0.00000312. The first kappa shape index (κ1) is 21.7. The van der Waals surface area contributed by atoms with E-state index in [1.165, 1.54) is 17.5 Å². The van der Waals surface area contributed by atoms with Gasteiger partial charge in [0.15, 0.2) is 5.96 Å². The summed E-state index contributed by atoms with van der Waals surface area (Å²) in [6, 6.07) is 8.36. The van der Waals surface area contributed by atoms with E-state index in [4.69, 9.17) is 0 Å². The van der Waals surface area contributed by atoms with Crippen LogP contribution in [0.2, 0.25) is 0 Å². The summed E-state index contributed by atoms with van der Waals surface area (Å²) in [7, 11) is 1.74. The van der Waals surface area contributed by atoms with Crippen LogP contribution >= 0.6 is 24.0 Å². The molecular weight excluding hydrogens is 427 g/mol. The van der Waals surface area contributed by atoms with Crippen LogP contribution in [-0.4, -0.2) is 43.4 Å². The predicted molar refractivity (Wildman–Crippen MR) is 114 cm³/mol. The molecule has 0 aromatic heterocycles. The smallest absolute Gasteiger partial charge is 0.242 e. The molecule has 0 aliphatic carbocycles. The maximum atomic E-state index is 12.4. The lowest BCUT2D eigenvalue weighted by atomic mass is 10.00. The molecule has 6 heteroatoms. The second-order valence-electron chi connectivity index (χ2n) is 6.72. The molecule has 1 heterocycles. The number of nitrogens with zero attached hydrogens (tertiary/aromatic N) is 2. The number of rotatable bonds is 6. The summed E-state index contributed by atoms with van der Waals surface area (Å²) in [5, 5.41) is 6.39. The lowest BCUT2D eigenvalue weighted by molar-refractivity contribution is -0.130. The fourth-order valence-electron chi connectivity index (χ4n) is 2.92. The summed E-state index contributed by atoms with van der Waals surface area (Å²) in [4.78, 5) is 18.5. The first-order chi connectivity index (χ1) is 11.6. The molecule has 0 atom stereocenters. The quantitative estimate of drug-likeness (QED) is 0.299. The zero-order valence-corrected chi connectivity index (χ0v) is 17.9. The van der Waals surface area contributed by atoms with Crippen LogP contribution in [0.25, 0.3) is 0 Å². The molecule has 0 spiro atoms. The third kappa shape index (κ3) is 7.22.